The number of imide groups is 1. The molecule has 0 bridgehead atoms. The Morgan fingerprint density at radius 3 is 2.33 bits per heavy atom. The van der Waals surface area contributed by atoms with Gasteiger partial charge in [-0.1, -0.05) is 12.8 Å². The summed E-state index contributed by atoms with van der Waals surface area (Å²) in [5.41, 5.74) is 6.70. The fraction of sp³-hybridized carbons (Fsp3) is 0.500. The van der Waals surface area contributed by atoms with Gasteiger partial charge in [0.15, 0.2) is 0 Å². The molecule has 0 atom stereocenters. The number of nitrogens with zero attached hydrogens (tertiary/aromatic N) is 1. The minimum Gasteiger partial charge on any atom is -0.497 e. The Morgan fingerprint density at radius 1 is 1.14 bits per heavy atom. The van der Waals surface area contributed by atoms with E-state index in [-0.39, 0.29) is 17.2 Å². The highest BCUT2D eigenvalue weighted by atomic mass is 16.5. The lowest BCUT2D eigenvalue weighted by atomic mass is 9.76. The number of piperidine rings is 1. The SMILES string of the molecule is COc1ccc(N)c(N2C(=O)CC3(CCCC3)CC2=O)c1. The number of hydrogen-bond acceptors (Lipinski definition) is 4. The molecule has 0 aromatic heterocycles. The number of hydrogen-bond donors (Lipinski definition) is 1. The molecule has 2 N–H and O–H groups in total. The van der Waals surface area contributed by atoms with Crippen LogP contribution in [0.5, 0.6) is 5.75 Å². The highest BCUT2D eigenvalue weighted by Gasteiger charge is 2.45. The molecule has 1 saturated carbocycles. The molecule has 5 heteroatoms. The average Bonchev–Trinajstić information content (AvgIpc) is 2.87. The maximum absolute atomic E-state index is 12.5. The topological polar surface area (TPSA) is 72.6 Å². The van der Waals surface area contributed by atoms with E-state index in [9.17, 15) is 9.59 Å². The third kappa shape index (κ3) is 2.37. The number of amides is 2. The number of rotatable bonds is 2. The molecule has 5 nitrogen and oxygen atoms in total. The van der Waals surface area contributed by atoms with Crippen LogP contribution in [0.25, 0.3) is 0 Å². The summed E-state index contributed by atoms with van der Waals surface area (Å²) in [6.07, 6.45) is 5.06. The minimum absolute atomic E-state index is 0.0989. The molecule has 2 amide bonds. The van der Waals surface area contributed by atoms with E-state index in [4.69, 9.17) is 10.5 Å². The molecule has 1 aliphatic carbocycles. The van der Waals surface area contributed by atoms with Crippen molar-refractivity contribution in [1.29, 1.82) is 0 Å². The van der Waals surface area contributed by atoms with Crippen molar-refractivity contribution in [2.75, 3.05) is 17.7 Å². The number of nitrogens with two attached hydrogens (primary N) is 1. The van der Waals surface area contributed by atoms with Crippen molar-refractivity contribution in [3.8, 4) is 5.75 Å². The number of carbonyl (C=O) groups is 2. The standard InChI is InChI=1S/C16H20N2O3/c1-21-11-4-5-12(17)13(8-11)18-14(19)9-16(10-15(18)20)6-2-3-7-16/h4-5,8H,2-3,6-7,9-10,17H2,1H3. The molecule has 2 fully saturated rings. The number of methoxy groups -OCH3 is 1. The van der Waals surface area contributed by atoms with Crippen molar-refractivity contribution >= 4 is 23.2 Å². The Labute approximate surface area is 124 Å². The fourth-order valence-corrected chi connectivity index (χ4v) is 3.59. The van der Waals surface area contributed by atoms with Crippen LogP contribution in [-0.4, -0.2) is 18.9 Å². The second kappa shape index (κ2) is 5.06. The van der Waals surface area contributed by atoms with E-state index >= 15 is 0 Å². The maximum Gasteiger partial charge on any atom is 0.234 e. The van der Waals surface area contributed by atoms with Gasteiger partial charge in [-0.3, -0.25) is 9.59 Å². The molecule has 1 aromatic rings. The van der Waals surface area contributed by atoms with Gasteiger partial charge < -0.3 is 10.5 Å². The largest absolute Gasteiger partial charge is 0.497 e. The second-order valence-corrected chi connectivity index (χ2v) is 6.11. The van der Waals surface area contributed by atoms with E-state index in [0.29, 0.717) is 30.0 Å². The van der Waals surface area contributed by atoms with E-state index in [1.807, 2.05) is 0 Å². The summed E-state index contributed by atoms with van der Waals surface area (Å²) in [6, 6.07) is 5.03. The molecule has 1 spiro atoms. The zero-order valence-electron chi connectivity index (χ0n) is 12.2. The Balaban J connectivity index is 1.93. The summed E-state index contributed by atoms with van der Waals surface area (Å²) in [4.78, 5) is 26.3. The monoisotopic (exact) mass is 288 g/mol. The van der Waals surface area contributed by atoms with Crippen molar-refractivity contribution in [3.05, 3.63) is 18.2 Å². The molecule has 2 aliphatic rings. The quantitative estimate of drug-likeness (QED) is 0.670. The number of anilines is 2. The summed E-state index contributed by atoms with van der Waals surface area (Å²) >= 11 is 0. The second-order valence-electron chi connectivity index (χ2n) is 6.11. The lowest BCUT2D eigenvalue weighted by Gasteiger charge is -2.37. The average molecular weight is 288 g/mol. The first kappa shape index (κ1) is 13.9. The first-order valence-corrected chi connectivity index (χ1v) is 7.34. The first-order chi connectivity index (χ1) is 10.0. The Hall–Kier alpha value is -2.04. The van der Waals surface area contributed by atoms with Gasteiger partial charge in [-0.15, -0.1) is 0 Å². The van der Waals surface area contributed by atoms with Gasteiger partial charge in [-0.25, -0.2) is 4.90 Å². The molecule has 1 saturated heterocycles. The van der Waals surface area contributed by atoms with Crippen molar-refractivity contribution in [2.45, 2.75) is 38.5 Å². The lowest BCUT2D eigenvalue weighted by molar-refractivity contribution is -0.133. The van der Waals surface area contributed by atoms with Gasteiger partial charge in [-0.2, -0.15) is 0 Å². The van der Waals surface area contributed by atoms with Gasteiger partial charge in [0, 0.05) is 18.9 Å². The Kier molecular flexibility index (Phi) is 3.35. The smallest absolute Gasteiger partial charge is 0.234 e. The van der Waals surface area contributed by atoms with Crippen LogP contribution in [0.2, 0.25) is 0 Å². The predicted octanol–water partition coefficient (Wildman–Crippen LogP) is 2.49. The number of benzene rings is 1. The predicted molar refractivity (Wildman–Crippen MR) is 80.0 cm³/mol. The summed E-state index contributed by atoms with van der Waals surface area (Å²) in [7, 11) is 1.54. The zero-order valence-corrected chi connectivity index (χ0v) is 12.2. The molecule has 3 rings (SSSR count). The lowest BCUT2D eigenvalue weighted by Crippen LogP contribution is -2.47. The van der Waals surface area contributed by atoms with Gasteiger partial charge in [0.05, 0.1) is 18.5 Å². The molecule has 0 radical (unpaired) electrons. The molecular weight excluding hydrogens is 268 g/mol. The van der Waals surface area contributed by atoms with Crippen molar-refractivity contribution in [3.63, 3.8) is 0 Å². The van der Waals surface area contributed by atoms with E-state index in [1.54, 1.807) is 25.3 Å². The highest BCUT2D eigenvalue weighted by Crippen LogP contribution is 2.48. The van der Waals surface area contributed by atoms with E-state index in [2.05, 4.69) is 0 Å². The third-order valence-electron chi connectivity index (χ3n) is 4.69. The minimum atomic E-state index is -0.145. The van der Waals surface area contributed by atoms with Crippen LogP contribution in [0, 0.1) is 5.41 Å². The summed E-state index contributed by atoms with van der Waals surface area (Å²) in [6.45, 7) is 0. The van der Waals surface area contributed by atoms with Gasteiger partial charge in [0.2, 0.25) is 11.8 Å². The number of nitrogen functional groups attached to an aromatic ring is 1. The zero-order chi connectivity index (χ0) is 15.0. The van der Waals surface area contributed by atoms with E-state index in [1.165, 1.54) is 4.90 Å². The number of ether oxygens (including phenoxy) is 1. The van der Waals surface area contributed by atoms with Gasteiger partial charge in [-0.05, 0) is 30.4 Å². The molecule has 1 aliphatic heterocycles. The fourth-order valence-electron chi connectivity index (χ4n) is 3.59. The van der Waals surface area contributed by atoms with Crippen LogP contribution in [0.15, 0.2) is 18.2 Å². The molecule has 21 heavy (non-hydrogen) atoms. The molecule has 1 aromatic carbocycles. The molecule has 1 heterocycles. The Bertz CT molecular complexity index is 571. The van der Waals surface area contributed by atoms with Crippen LogP contribution in [-0.2, 0) is 9.59 Å². The molecule has 112 valence electrons. The highest BCUT2D eigenvalue weighted by molar-refractivity contribution is 6.18. The Morgan fingerprint density at radius 2 is 1.76 bits per heavy atom. The van der Waals surface area contributed by atoms with Crippen LogP contribution in [0.1, 0.15) is 38.5 Å². The van der Waals surface area contributed by atoms with Gasteiger partial charge in [0.1, 0.15) is 5.75 Å². The van der Waals surface area contributed by atoms with Crippen LogP contribution < -0.4 is 15.4 Å². The van der Waals surface area contributed by atoms with Gasteiger partial charge in [0.25, 0.3) is 0 Å². The van der Waals surface area contributed by atoms with Crippen LogP contribution in [0.3, 0.4) is 0 Å². The maximum atomic E-state index is 12.5. The van der Waals surface area contributed by atoms with Gasteiger partial charge >= 0.3 is 0 Å². The van der Waals surface area contributed by atoms with Crippen molar-refractivity contribution in [1.82, 2.24) is 0 Å². The first-order valence-electron chi connectivity index (χ1n) is 7.34. The number of carbonyl (C=O) groups excluding carboxylic acids is 2. The van der Waals surface area contributed by atoms with Crippen molar-refractivity contribution < 1.29 is 14.3 Å². The van der Waals surface area contributed by atoms with E-state index < -0.39 is 0 Å². The van der Waals surface area contributed by atoms with Crippen LogP contribution >= 0.6 is 0 Å². The van der Waals surface area contributed by atoms with Crippen LogP contribution in [0.4, 0.5) is 11.4 Å². The molecule has 0 unspecified atom stereocenters. The third-order valence-corrected chi connectivity index (χ3v) is 4.69. The van der Waals surface area contributed by atoms with Crippen molar-refractivity contribution in [2.24, 2.45) is 5.41 Å². The summed E-state index contributed by atoms with van der Waals surface area (Å²) < 4.78 is 5.16. The normalized spacial score (nSPS) is 21.1. The summed E-state index contributed by atoms with van der Waals surface area (Å²) in [5, 5.41) is 0. The summed E-state index contributed by atoms with van der Waals surface area (Å²) in [5.74, 6) is 0.294. The molecular formula is C16H20N2O3. The van der Waals surface area contributed by atoms with E-state index in [0.717, 1.165) is 25.7 Å².